The van der Waals surface area contributed by atoms with Crippen LogP contribution < -0.4 is 0 Å². The van der Waals surface area contributed by atoms with Gasteiger partial charge in [0.2, 0.25) is 0 Å². The maximum Gasteiger partial charge on any atom is 0.335 e. The van der Waals surface area contributed by atoms with Gasteiger partial charge >= 0.3 is 5.97 Å². The minimum atomic E-state index is -0.858. The van der Waals surface area contributed by atoms with Gasteiger partial charge in [-0.1, -0.05) is 32.9 Å². The molecule has 2 heteroatoms. The molecule has 1 atom stereocenters. The maximum absolute atomic E-state index is 10.7. The van der Waals surface area contributed by atoms with Crippen LogP contribution in [-0.2, 0) is 0 Å². The van der Waals surface area contributed by atoms with E-state index < -0.39 is 5.97 Å². The van der Waals surface area contributed by atoms with Gasteiger partial charge in [0, 0.05) is 0 Å². The van der Waals surface area contributed by atoms with Crippen molar-refractivity contribution in [2.24, 2.45) is 5.92 Å². The molecule has 1 unspecified atom stereocenters. The number of hydrogen-bond acceptors (Lipinski definition) is 1. The summed E-state index contributed by atoms with van der Waals surface area (Å²) in [5, 5.41) is 8.82. The number of aromatic carboxylic acids is 1. The molecule has 1 N–H and O–H groups in total. The topological polar surface area (TPSA) is 37.3 Å². The second-order valence-corrected chi connectivity index (χ2v) is 4.66. The van der Waals surface area contributed by atoms with Crippen molar-refractivity contribution in [3.8, 4) is 0 Å². The van der Waals surface area contributed by atoms with Crippen LogP contribution in [0.5, 0.6) is 0 Å². The number of benzene rings is 1. The Balaban J connectivity index is 2.82. The standard InChI is InChI=1S/C14H20O2/c1-4-11(9-10(2)3)12-5-7-13(8-6-12)14(15)16/h5-8,10-11H,4,9H2,1-3H3,(H,15,16). The molecule has 0 spiro atoms. The molecule has 0 aliphatic rings. The van der Waals surface area contributed by atoms with Crippen molar-refractivity contribution in [1.82, 2.24) is 0 Å². The fourth-order valence-electron chi connectivity index (χ4n) is 2.01. The Morgan fingerprint density at radius 2 is 1.81 bits per heavy atom. The van der Waals surface area contributed by atoms with Gasteiger partial charge in [-0.2, -0.15) is 0 Å². The molecule has 0 saturated heterocycles. The molecule has 0 radical (unpaired) electrons. The minimum absolute atomic E-state index is 0.364. The van der Waals surface area contributed by atoms with Gasteiger partial charge in [0.1, 0.15) is 0 Å². The first-order chi connectivity index (χ1) is 7.54. The van der Waals surface area contributed by atoms with Gasteiger partial charge in [0.05, 0.1) is 5.56 Å². The largest absolute Gasteiger partial charge is 0.478 e. The van der Waals surface area contributed by atoms with Crippen LogP contribution in [0.3, 0.4) is 0 Å². The van der Waals surface area contributed by atoms with Gasteiger partial charge in [-0.15, -0.1) is 0 Å². The van der Waals surface area contributed by atoms with E-state index in [2.05, 4.69) is 20.8 Å². The molecule has 16 heavy (non-hydrogen) atoms. The molecule has 0 fully saturated rings. The predicted molar refractivity (Wildman–Crippen MR) is 65.9 cm³/mol. The Labute approximate surface area is 97.3 Å². The van der Waals surface area contributed by atoms with E-state index in [-0.39, 0.29) is 0 Å². The fourth-order valence-corrected chi connectivity index (χ4v) is 2.01. The van der Waals surface area contributed by atoms with Crippen molar-refractivity contribution in [2.45, 2.75) is 39.5 Å². The van der Waals surface area contributed by atoms with Crippen LogP contribution >= 0.6 is 0 Å². The van der Waals surface area contributed by atoms with E-state index in [0.29, 0.717) is 17.4 Å². The maximum atomic E-state index is 10.7. The first-order valence-electron chi connectivity index (χ1n) is 5.87. The van der Waals surface area contributed by atoms with Gasteiger partial charge in [-0.25, -0.2) is 4.79 Å². The molecular weight excluding hydrogens is 200 g/mol. The van der Waals surface area contributed by atoms with E-state index in [9.17, 15) is 4.79 Å². The highest BCUT2D eigenvalue weighted by molar-refractivity contribution is 5.87. The first kappa shape index (κ1) is 12.8. The molecule has 0 aliphatic heterocycles. The SMILES string of the molecule is CCC(CC(C)C)c1ccc(C(=O)O)cc1. The highest BCUT2D eigenvalue weighted by atomic mass is 16.4. The average molecular weight is 220 g/mol. The lowest BCUT2D eigenvalue weighted by atomic mass is 9.88. The summed E-state index contributed by atoms with van der Waals surface area (Å²) < 4.78 is 0. The normalized spacial score (nSPS) is 12.8. The lowest BCUT2D eigenvalue weighted by Gasteiger charge is -2.17. The smallest absolute Gasteiger partial charge is 0.335 e. The van der Waals surface area contributed by atoms with Crippen LogP contribution in [0, 0.1) is 5.92 Å². The Morgan fingerprint density at radius 1 is 1.25 bits per heavy atom. The van der Waals surface area contributed by atoms with Crippen LogP contribution in [0.2, 0.25) is 0 Å². The number of rotatable bonds is 5. The molecule has 0 aromatic heterocycles. The van der Waals surface area contributed by atoms with Crippen molar-refractivity contribution in [1.29, 1.82) is 0 Å². The highest BCUT2D eigenvalue weighted by Gasteiger charge is 2.12. The minimum Gasteiger partial charge on any atom is -0.478 e. The quantitative estimate of drug-likeness (QED) is 0.816. The third kappa shape index (κ3) is 3.37. The summed E-state index contributed by atoms with van der Waals surface area (Å²) in [7, 11) is 0. The molecule has 0 aliphatic carbocycles. The second-order valence-electron chi connectivity index (χ2n) is 4.66. The van der Waals surface area contributed by atoms with Gasteiger partial charge in [0.15, 0.2) is 0 Å². The van der Waals surface area contributed by atoms with E-state index in [0.717, 1.165) is 12.8 Å². The van der Waals surface area contributed by atoms with Crippen molar-refractivity contribution in [3.05, 3.63) is 35.4 Å². The van der Waals surface area contributed by atoms with Crippen LogP contribution in [0.1, 0.15) is 55.5 Å². The zero-order chi connectivity index (χ0) is 12.1. The molecule has 1 aromatic carbocycles. The summed E-state index contributed by atoms with van der Waals surface area (Å²) in [6.07, 6.45) is 2.26. The lowest BCUT2D eigenvalue weighted by molar-refractivity contribution is 0.0697. The summed E-state index contributed by atoms with van der Waals surface area (Å²) in [5.74, 6) is 0.357. The Bertz CT molecular complexity index is 338. The van der Waals surface area contributed by atoms with E-state index in [1.165, 1.54) is 5.56 Å². The monoisotopic (exact) mass is 220 g/mol. The van der Waals surface area contributed by atoms with Gasteiger partial charge in [-0.05, 0) is 42.4 Å². The van der Waals surface area contributed by atoms with Crippen molar-refractivity contribution < 1.29 is 9.90 Å². The number of carboxylic acid groups (broad SMARTS) is 1. The number of hydrogen-bond donors (Lipinski definition) is 1. The van der Waals surface area contributed by atoms with Crippen molar-refractivity contribution in [2.75, 3.05) is 0 Å². The number of carboxylic acids is 1. The third-order valence-electron chi connectivity index (χ3n) is 2.88. The number of carbonyl (C=O) groups is 1. The third-order valence-corrected chi connectivity index (χ3v) is 2.88. The molecule has 0 bridgehead atoms. The average Bonchev–Trinajstić information content (AvgIpc) is 2.25. The zero-order valence-electron chi connectivity index (χ0n) is 10.2. The predicted octanol–water partition coefficient (Wildman–Crippen LogP) is 3.92. The molecule has 88 valence electrons. The molecule has 0 saturated carbocycles. The molecular formula is C14H20O2. The Morgan fingerprint density at radius 3 is 2.19 bits per heavy atom. The fraction of sp³-hybridized carbons (Fsp3) is 0.500. The van der Waals surface area contributed by atoms with Crippen LogP contribution in [0.4, 0.5) is 0 Å². The first-order valence-corrected chi connectivity index (χ1v) is 5.87. The second kappa shape index (κ2) is 5.69. The molecule has 1 aromatic rings. The van der Waals surface area contributed by atoms with Gasteiger partial charge in [0.25, 0.3) is 0 Å². The van der Waals surface area contributed by atoms with E-state index >= 15 is 0 Å². The summed E-state index contributed by atoms with van der Waals surface area (Å²) >= 11 is 0. The summed E-state index contributed by atoms with van der Waals surface area (Å²) in [4.78, 5) is 10.7. The lowest BCUT2D eigenvalue weighted by Crippen LogP contribution is -2.03. The molecule has 1 rings (SSSR count). The molecule has 0 amide bonds. The Hall–Kier alpha value is -1.31. The summed E-state index contributed by atoms with van der Waals surface area (Å²) in [5.41, 5.74) is 1.62. The van der Waals surface area contributed by atoms with Gasteiger partial charge in [-0.3, -0.25) is 0 Å². The van der Waals surface area contributed by atoms with E-state index in [1.54, 1.807) is 12.1 Å². The van der Waals surface area contributed by atoms with Gasteiger partial charge < -0.3 is 5.11 Å². The van der Waals surface area contributed by atoms with Crippen molar-refractivity contribution in [3.63, 3.8) is 0 Å². The summed E-state index contributed by atoms with van der Waals surface area (Å²) in [6.45, 7) is 6.61. The van der Waals surface area contributed by atoms with Crippen LogP contribution in [-0.4, -0.2) is 11.1 Å². The van der Waals surface area contributed by atoms with Crippen LogP contribution in [0.25, 0.3) is 0 Å². The molecule has 0 heterocycles. The van der Waals surface area contributed by atoms with Crippen LogP contribution in [0.15, 0.2) is 24.3 Å². The highest BCUT2D eigenvalue weighted by Crippen LogP contribution is 2.26. The molecule has 2 nitrogen and oxygen atoms in total. The summed E-state index contributed by atoms with van der Waals surface area (Å²) in [6, 6.07) is 7.28. The van der Waals surface area contributed by atoms with Crippen molar-refractivity contribution >= 4 is 5.97 Å². The van der Waals surface area contributed by atoms with E-state index in [4.69, 9.17) is 5.11 Å². The zero-order valence-corrected chi connectivity index (χ0v) is 10.2. The van der Waals surface area contributed by atoms with E-state index in [1.807, 2.05) is 12.1 Å². The Kier molecular flexibility index (Phi) is 4.53.